The first-order valence-corrected chi connectivity index (χ1v) is 6.26. The Bertz CT molecular complexity index is 499. The van der Waals surface area contributed by atoms with E-state index in [1.807, 2.05) is 42.5 Å². The molecule has 0 heterocycles. The number of nitrogens with two attached hydrogens (primary N) is 1. The Morgan fingerprint density at radius 2 is 1.94 bits per heavy atom. The van der Waals surface area contributed by atoms with Crippen LogP contribution in [0.15, 0.2) is 54.1 Å². The van der Waals surface area contributed by atoms with Gasteiger partial charge in [0.2, 0.25) is 0 Å². The molecule has 0 radical (unpaired) electrons. The molecule has 88 valence electrons. The molecule has 1 aliphatic carbocycles. The molecule has 0 unspecified atom stereocenters. The zero-order valence-electron chi connectivity index (χ0n) is 9.24. The molecule has 0 fully saturated rings. The van der Waals surface area contributed by atoms with Crippen LogP contribution in [-0.4, -0.2) is 4.84 Å². The average molecular weight is 266 g/mol. The fourth-order valence-electron chi connectivity index (χ4n) is 1.81. The summed E-state index contributed by atoms with van der Waals surface area (Å²) in [6.07, 6.45) is 8.86. The van der Waals surface area contributed by atoms with Gasteiger partial charge >= 0.3 is 0 Å². The predicted molar refractivity (Wildman–Crippen MR) is 76.2 cm³/mol. The number of halogens is 2. The van der Waals surface area contributed by atoms with E-state index in [1.54, 1.807) is 0 Å². The van der Waals surface area contributed by atoms with Crippen molar-refractivity contribution < 1.29 is 0 Å². The first-order chi connectivity index (χ1) is 8.16. The largest absolute Gasteiger partial charge is 0.398 e. The summed E-state index contributed by atoms with van der Waals surface area (Å²) in [5.41, 5.74) is 10.1. The van der Waals surface area contributed by atoms with Gasteiger partial charge in [-0.05, 0) is 29.7 Å². The van der Waals surface area contributed by atoms with Crippen molar-refractivity contribution in [3.05, 3.63) is 59.7 Å². The lowest BCUT2D eigenvalue weighted by Gasteiger charge is -2.11. The van der Waals surface area contributed by atoms with E-state index < -0.39 is 4.84 Å². The zero-order valence-corrected chi connectivity index (χ0v) is 10.7. The van der Waals surface area contributed by atoms with E-state index in [1.165, 1.54) is 0 Å². The summed E-state index contributed by atoms with van der Waals surface area (Å²) in [4.78, 5) is -0.452. The minimum Gasteiger partial charge on any atom is -0.398 e. The average Bonchev–Trinajstić information content (AvgIpc) is 2.30. The first-order valence-electron chi connectivity index (χ1n) is 5.39. The molecule has 3 heteroatoms. The minimum absolute atomic E-state index is 0.452. The standard InChI is InChI=1S/C14H13Cl2N/c15-14(16)9-10-5-7-11(8-6-10)12-3-1-2-4-13(12)17/h1-5,7-9,14H,6,17H2. The van der Waals surface area contributed by atoms with E-state index in [2.05, 4.69) is 6.08 Å². The summed E-state index contributed by atoms with van der Waals surface area (Å²) in [7, 11) is 0. The van der Waals surface area contributed by atoms with E-state index in [9.17, 15) is 0 Å². The molecule has 17 heavy (non-hydrogen) atoms. The van der Waals surface area contributed by atoms with Gasteiger partial charge in [0.05, 0.1) is 0 Å². The Balaban J connectivity index is 2.21. The second-order valence-electron chi connectivity index (χ2n) is 3.86. The van der Waals surface area contributed by atoms with Crippen LogP contribution in [0.25, 0.3) is 5.57 Å². The van der Waals surface area contributed by atoms with Crippen LogP contribution in [0.1, 0.15) is 12.0 Å². The molecule has 1 aromatic carbocycles. The lowest BCUT2D eigenvalue weighted by atomic mass is 9.96. The molecule has 0 aliphatic heterocycles. The molecule has 0 saturated heterocycles. The number of hydrogen-bond acceptors (Lipinski definition) is 1. The lowest BCUT2D eigenvalue weighted by Crippen LogP contribution is -1.95. The van der Waals surface area contributed by atoms with Gasteiger partial charge in [0.25, 0.3) is 0 Å². The van der Waals surface area contributed by atoms with E-state index in [-0.39, 0.29) is 0 Å². The maximum absolute atomic E-state index is 5.94. The summed E-state index contributed by atoms with van der Waals surface area (Å²) >= 11 is 11.4. The highest BCUT2D eigenvalue weighted by atomic mass is 35.5. The molecule has 2 N–H and O–H groups in total. The number of hydrogen-bond donors (Lipinski definition) is 1. The maximum atomic E-state index is 5.94. The number of para-hydroxylation sites is 1. The van der Waals surface area contributed by atoms with Gasteiger partial charge in [-0.15, -0.1) is 23.2 Å². The van der Waals surface area contributed by atoms with Crippen molar-refractivity contribution in [1.29, 1.82) is 0 Å². The van der Waals surface area contributed by atoms with Gasteiger partial charge in [-0.2, -0.15) is 0 Å². The molecule has 2 rings (SSSR count). The number of allylic oxidation sites excluding steroid dienone is 6. The van der Waals surface area contributed by atoms with Gasteiger partial charge in [-0.25, -0.2) is 0 Å². The highest BCUT2D eigenvalue weighted by molar-refractivity contribution is 6.45. The Labute approximate surface area is 111 Å². The van der Waals surface area contributed by atoms with Gasteiger partial charge in [0.15, 0.2) is 0 Å². The van der Waals surface area contributed by atoms with Gasteiger partial charge in [-0.3, -0.25) is 0 Å². The van der Waals surface area contributed by atoms with Gasteiger partial charge in [-0.1, -0.05) is 36.4 Å². The normalized spacial score (nSPS) is 17.6. The number of rotatable bonds is 2. The molecule has 0 spiro atoms. The Kier molecular flexibility index (Phi) is 3.93. The molecule has 0 amide bonds. The quantitative estimate of drug-likeness (QED) is 0.625. The lowest BCUT2D eigenvalue weighted by molar-refractivity contribution is 1.24. The van der Waals surface area contributed by atoms with Crippen molar-refractivity contribution in [3.8, 4) is 0 Å². The van der Waals surface area contributed by atoms with E-state index in [4.69, 9.17) is 28.9 Å². The molecule has 1 aliphatic rings. The molecule has 0 bridgehead atoms. The number of alkyl halides is 2. The van der Waals surface area contributed by atoms with Crippen LogP contribution in [0, 0.1) is 0 Å². The summed E-state index contributed by atoms with van der Waals surface area (Å²) in [6.45, 7) is 0. The van der Waals surface area contributed by atoms with Gasteiger partial charge in [0.1, 0.15) is 4.84 Å². The number of nitrogen functional groups attached to an aromatic ring is 1. The van der Waals surface area contributed by atoms with Crippen molar-refractivity contribution in [1.82, 2.24) is 0 Å². The predicted octanol–water partition coefficient (Wildman–Crippen LogP) is 4.34. The van der Waals surface area contributed by atoms with Crippen molar-refractivity contribution in [2.75, 3.05) is 5.73 Å². The van der Waals surface area contributed by atoms with Crippen LogP contribution < -0.4 is 5.73 Å². The van der Waals surface area contributed by atoms with Crippen molar-refractivity contribution in [2.24, 2.45) is 0 Å². The van der Waals surface area contributed by atoms with Crippen LogP contribution in [0.5, 0.6) is 0 Å². The minimum atomic E-state index is -0.452. The highest BCUT2D eigenvalue weighted by Crippen LogP contribution is 2.28. The van der Waals surface area contributed by atoms with Crippen LogP contribution in [0.3, 0.4) is 0 Å². The van der Waals surface area contributed by atoms with Gasteiger partial charge < -0.3 is 5.73 Å². The summed E-state index contributed by atoms with van der Waals surface area (Å²) < 4.78 is 0. The van der Waals surface area contributed by atoms with Crippen LogP contribution >= 0.6 is 23.2 Å². The second-order valence-corrected chi connectivity index (χ2v) is 5.02. The van der Waals surface area contributed by atoms with Crippen LogP contribution in [0.2, 0.25) is 0 Å². The van der Waals surface area contributed by atoms with E-state index in [0.29, 0.717) is 0 Å². The third kappa shape index (κ3) is 3.15. The fraction of sp³-hybridized carbons (Fsp3) is 0.143. The highest BCUT2D eigenvalue weighted by Gasteiger charge is 2.07. The molecular weight excluding hydrogens is 253 g/mol. The smallest absolute Gasteiger partial charge is 0.126 e. The molecule has 0 aromatic heterocycles. The van der Waals surface area contributed by atoms with Crippen LogP contribution in [-0.2, 0) is 0 Å². The monoisotopic (exact) mass is 265 g/mol. The van der Waals surface area contributed by atoms with Gasteiger partial charge in [0, 0.05) is 11.3 Å². The fourth-order valence-corrected chi connectivity index (χ4v) is 2.13. The first kappa shape index (κ1) is 12.3. The summed E-state index contributed by atoms with van der Waals surface area (Å²) in [6, 6.07) is 7.84. The van der Waals surface area contributed by atoms with Crippen molar-refractivity contribution in [3.63, 3.8) is 0 Å². The molecule has 1 nitrogen and oxygen atoms in total. The zero-order chi connectivity index (χ0) is 12.3. The molecule has 0 saturated carbocycles. The molecule has 1 aromatic rings. The maximum Gasteiger partial charge on any atom is 0.126 e. The second kappa shape index (κ2) is 5.44. The SMILES string of the molecule is Nc1ccccc1C1=CCC(=CC(Cl)Cl)C=C1. The number of benzene rings is 1. The topological polar surface area (TPSA) is 26.0 Å². The molecule has 0 atom stereocenters. The third-order valence-corrected chi connectivity index (χ3v) is 2.90. The number of anilines is 1. The van der Waals surface area contributed by atoms with E-state index >= 15 is 0 Å². The van der Waals surface area contributed by atoms with Crippen LogP contribution in [0.4, 0.5) is 5.69 Å². The van der Waals surface area contributed by atoms with Crippen molar-refractivity contribution in [2.45, 2.75) is 11.3 Å². The third-order valence-electron chi connectivity index (χ3n) is 2.65. The van der Waals surface area contributed by atoms with E-state index in [0.717, 1.165) is 28.8 Å². The Morgan fingerprint density at radius 1 is 1.18 bits per heavy atom. The Hall–Kier alpha value is -1.18. The summed E-state index contributed by atoms with van der Waals surface area (Å²) in [5.74, 6) is 0. The molecular formula is C14H13Cl2N. The summed E-state index contributed by atoms with van der Waals surface area (Å²) in [5, 5.41) is 0. The Morgan fingerprint density at radius 3 is 2.53 bits per heavy atom. The van der Waals surface area contributed by atoms with Crippen molar-refractivity contribution >= 4 is 34.5 Å².